The third-order valence-corrected chi connectivity index (χ3v) is 4.17. The molecule has 0 saturated heterocycles. The van der Waals surface area contributed by atoms with Crippen molar-refractivity contribution in [2.24, 2.45) is 0 Å². The highest BCUT2D eigenvalue weighted by Gasteiger charge is 2.10. The quantitative estimate of drug-likeness (QED) is 0.603. The lowest BCUT2D eigenvalue weighted by molar-refractivity contribution is 0.0909. The molecule has 0 unspecified atom stereocenters. The van der Waals surface area contributed by atoms with Gasteiger partial charge in [-0.15, -0.1) is 0 Å². The first kappa shape index (κ1) is 17.9. The Balaban J connectivity index is 1.47. The topological polar surface area (TPSA) is 71.3 Å². The molecule has 3 rings (SSSR count). The van der Waals surface area contributed by atoms with Gasteiger partial charge in [0, 0.05) is 18.7 Å². The lowest BCUT2D eigenvalue weighted by Gasteiger charge is -2.07. The number of amides is 2. The molecule has 0 aliphatic carbocycles. The summed E-state index contributed by atoms with van der Waals surface area (Å²) in [6.45, 7) is 0.637. The molecule has 132 valence electrons. The maximum Gasteiger partial charge on any atom is 0.287 e. The number of hydrogen-bond acceptors (Lipinski definition) is 3. The Bertz CT molecular complexity index is 889. The highest BCUT2D eigenvalue weighted by atomic mass is 79.9. The molecule has 0 radical (unpaired) electrons. The van der Waals surface area contributed by atoms with E-state index < -0.39 is 0 Å². The Morgan fingerprint density at radius 3 is 2.00 bits per heavy atom. The predicted molar refractivity (Wildman–Crippen MR) is 103 cm³/mol. The lowest BCUT2D eigenvalue weighted by atomic mass is 10.0. The summed E-state index contributed by atoms with van der Waals surface area (Å²) in [5, 5.41) is 5.46. The first-order valence-electron chi connectivity index (χ1n) is 8.11. The van der Waals surface area contributed by atoms with Crippen molar-refractivity contribution in [3.63, 3.8) is 0 Å². The second-order valence-corrected chi connectivity index (χ2v) is 6.34. The van der Waals surface area contributed by atoms with Crippen LogP contribution in [0.25, 0.3) is 11.1 Å². The van der Waals surface area contributed by atoms with Crippen LogP contribution < -0.4 is 10.6 Å². The summed E-state index contributed by atoms with van der Waals surface area (Å²) >= 11 is 3.14. The van der Waals surface area contributed by atoms with Gasteiger partial charge in [-0.3, -0.25) is 9.59 Å². The van der Waals surface area contributed by atoms with Crippen LogP contribution in [0.5, 0.6) is 0 Å². The van der Waals surface area contributed by atoms with E-state index in [9.17, 15) is 9.59 Å². The summed E-state index contributed by atoms with van der Waals surface area (Å²) in [6.07, 6.45) is 0. The van der Waals surface area contributed by atoms with Crippen molar-refractivity contribution in [1.29, 1.82) is 0 Å². The fourth-order valence-corrected chi connectivity index (χ4v) is 2.73. The number of furan rings is 1. The smallest absolute Gasteiger partial charge is 0.287 e. The monoisotopic (exact) mass is 412 g/mol. The first-order valence-corrected chi connectivity index (χ1v) is 8.90. The normalized spacial score (nSPS) is 10.3. The van der Waals surface area contributed by atoms with Crippen molar-refractivity contribution in [2.45, 2.75) is 0 Å². The van der Waals surface area contributed by atoms with Crippen molar-refractivity contribution in [3.05, 3.63) is 82.7 Å². The Kier molecular flexibility index (Phi) is 5.86. The highest BCUT2D eigenvalue weighted by Crippen LogP contribution is 2.19. The average Bonchev–Trinajstić information content (AvgIpc) is 3.12. The van der Waals surface area contributed by atoms with E-state index in [2.05, 4.69) is 26.6 Å². The van der Waals surface area contributed by atoms with E-state index in [-0.39, 0.29) is 17.6 Å². The summed E-state index contributed by atoms with van der Waals surface area (Å²) in [6, 6.07) is 20.6. The third-order valence-electron chi connectivity index (χ3n) is 3.75. The van der Waals surface area contributed by atoms with Gasteiger partial charge < -0.3 is 15.1 Å². The standard InChI is InChI=1S/C20H17BrN2O3/c21-18-11-10-17(26-18)20(25)23-13-12-22-19(24)16-8-6-15(7-9-16)14-4-2-1-3-5-14/h1-11H,12-13H2,(H,22,24)(H,23,25). The minimum absolute atomic E-state index is 0.181. The molecule has 0 aliphatic heterocycles. The molecule has 2 N–H and O–H groups in total. The molecule has 2 aromatic carbocycles. The summed E-state index contributed by atoms with van der Waals surface area (Å²) in [5.74, 6) is -0.281. The minimum atomic E-state index is -0.322. The third kappa shape index (κ3) is 4.61. The SMILES string of the molecule is O=C(NCCNC(=O)c1ccc(Br)o1)c1ccc(-c2ccccc2)cc1. The van der Waals surface area contributed by atoms with E-state index in [4.69, 9.17) is 4.42 Å². The Hall–Kier alpha value is -2.86. The number of hydrogen-bond donors (Lipinski definition) is 2. The van der Waals surface area contributed by atoms with Crippen LogP contribution in [0.3, 0.4) is 0 Å². The van der Waals surface area contributed by atoms with E-state index in [1.54, 1.807) is 24.3 Å². The van der Waals surface area contributed by atoms with Crippen molar-refractivity contribution < 1.29 is 14.0 Å². The minimum Gasteiger partial charge on any atom is -0.444 e. The molecule has 0 bridgehead atoms. The summed E-state index contributed by atoms with van der Waals surface area (Å²) in [5.41, 5.74) is 2.73. The molecule has 0 fully saturated rings. The largest absolute Gasteiger partial charge is 0.444 e. The van der Waals surface area contributed by atoms with Gasteiger partial charge in [0.15, 0.2) is 10.4 Å². The Morgan fingerprint density at radius 1 is 0.769 bits per heavy atom. The first-order chi connectivity index (χ1) is 12.6. The average molecular weight is 413 g/mol. The van der Waals surface area contributed by atoms with Crippen LogP contribution in [0.2, 0.25) is 0 Å². The van der Waals surface area contributed by atoms with Crippen molar-refractivity contribution in [3.8, 4) is 11.1 Å². The highest BCUT2D eigenvalue weighted by molar-refractivity contribution is 9.10. The number of benzene rings is 2. The van der Waals surface area contributed by atoms with Gasteiger partial charge in [-0.2, -0.15) is 0 Å². The van der Waals surface area contributed by atoms with Gasteiger partial charge in [0.05, 0.1) is 0 Å². The van der Waals surface area contributed by atoms with Gasteiger partial charge in [-0.05, 0) is 51.3 Å². The summed E-state index contributed by atoms with van der Waals surface area (Å²) in [4.78, 5) is 24.0. The molecule has 5 nitrogen and oxygen atoms in total. The van der Waals surface area contributed by atoms with Gasteiger partial charge in [0.25, 0.3) is 11.8 Å². The molecular weight excluding hydrogens is 396 g/mol. The van der Waals surface area contributed by atoms with E-state index in [0.717, 1.165) is 11.1 Å². The van der Waals surface area contributed by atoms with Crippen LogP contribution in [0.1, 0.15) is 20.9 Å². The molecule has 26 heavy (non-hydrogen) atoms. The number of carbonyl (C=O) groups excluding carboxylic acids is 2. The molecule has 1 heterocycles. The van der Waals surface area contributed by atoms with Gasteiger partial charge in [0.1, 0.15) is 0 Å². The molecule has 0 aliphatic rings. The van der Waals surface area contributed by atoms with Gasteiger partial charge in [0.2, 0.25) is 0 Å². The summed E-state index contributed by atoms with van der Waals surface area (Å²) < 4.78 is 5.65. The van der Waals surface area contributed by atoms with Crippen molar-refractivity contribution in [1.82, 2.24) is 10.6 Å². The Labute approximate surface area is 159 Å². The molecule has 2 amide bonds. The fraction of sp³-hybridized carbons (Fsp3) is 0.100. The number of rotatable bonds is 6. The van der Waals surface area contributed by atoms with Crippen LogP contribution in [0, 0.1) is 0 Å². The zero-order chi connectivity index (χ0) is 18.4. The molecule has 1 aromatic heterocycles. The van der Waals surface area contributed by atoms with E-state index in [1.165, 1.54) is 0 Å². The van der Waals surface area contributed by atoms with E-state index >= 15 is 0 Å². The fourth-order valence-electron chi connectivity index (χ4n) is 2.42. The van der Waals surface area contributed by atoms with E-state index in [1.807, 2.05) is 42.5 Å². The van der Waals surface area contributed by atoms with Gasteiger partial charge >= 0.3 is 0 Å². The second-order valence-electron chi connectivity index (χ2n) is 5.56. The zero-order valence-corrected chi connectivity index (χ0v) is 15.5. The maximum absolute atomic E-state index is 12.2. The van der Waals surface area contributed by atoms with Crippen LogP contribution in [0.4, 0.5) is 0 Å². The molecule has 0 spiro atoms. The number of nitrogens with one attached hydrogen (secondary N) is 2. The summed E-state index contributed by atoms with van der Waals surface area (Å²) in [7, 11) is 0. The van der Waals surface area contributed by atoms with Crippen molar-refractivity contribution in [2.75, 3.05) is 13.1 Å². The predicted octanol–water partition coefficient (Wildman–Crippen LogP) is 3.87. The molecule has 3 aromatic rings. The number of carbonyl (C=O) groups is 2. The second kappa shape index (κ2) is 8.49. The van der Waals surface area contributed by atoms with Gasteiger partial charge in [-0.25, -0.2) is 0 Å². The van der Waals surface area contributed by atoms with Crippen LogP contribution in [0.15, 0.2) is 75.8 Å². The van der Waals surface area contributed by atoms with Crippen LogP contribution in [-0.2, 0) is 0 Å². The molecular formula is C20H17BrN2O3. The molecule has 6 heteroatoms. The van der Waals surface area contributed by atoms with Crippen LogP contribution in [-0.4, -0.2) is 24.9 Å². The number of halogens is 1. The molecule has 0 atom stereocenters. The molecule has 0 saturated carbocycles. The zero-order valence-electron chi connectivity index (χ0n) is 13.9. The van der Waals surface area contributed by atoms with Crippen LogP contribution >= 0.6 is 15.9 Å². The Morgan fingerprint density at radius 2 is 1.38 bits per heavy atom. The van der Waals surface area contributed by atoms with Crippen molar-refractivity contribution >= 4 is 27.7 Å². The maximum atomic E-state index is 12.2. The van der Waals surface area contributed by atoms with Gasteiger partial charge in [-0.1, -0.05) is 42.5 Å². The lowest BCUT2D eigenvalue weighted by Crippen LogP contribution is -2.34. The van der Waals surface area contributed by atoms with E-state index in [0.29, 0.717) is 23.3 Å².